The van der Waals surface area contributed by atoms with Crippen molar-refractivity contribution < 1.29 is 18.6 Å². The molecule has 136 valence electrons. The Morgan fingerprint density at radius 3 is 2.50 bits per heavy atom. The lowest BCUT2D eigenvalue weighted by Crippen LogP contribution is -2.11. The fourth-order valence-corrected chi connectivity index (χ4v) is 3.12. The lowest BCUT2D eigenvalue weighted by atomic mass is 9.95. The topological polar surface area (TPSA) is 57.9 Å². The van der Waals surface area contributed by atoms with E-state index in [2.05, 4.69) is 0 Å². The first kappa shape index (κ1) is 18.0. The molecule has 0 spiro atoms. The number of hydrogen-bond donors (Lipinski definition) is 0. The zero-order chi connectivity index (χ0) is 18.7. The fourth-order valence-electron chi connectivity index (χ4n) is 3.12. The van der Waals surface area contributed by atoms with E-state index in [9.17, 15) is 4.79 Å². The van der Waals surface area contributed by atoms with Gasteiger partial charge in [0.05, 0.1) is 26.4 Å². The summed E-state index contributed by atoms with van der Waals surface area (Å²) >= 11 is 0. The predicted octanol–water partition coefficient (Wildman–Crippen LogP) is 3.97. The minimum Gasteiger partial charge on any atom is -0.497 e. The zero-order valence-corrected chi connectivity index (χ0v) is 15.4. The van der Waals surface area contributed by atoms with Gasteiger partial charge in [-0.25, -0.2) is 4.79 Å². The summed E-state index contributed by atoms with van der Waals surface area (Å²) in [5.41, 5.74) is 3.35. The van der Waals surface area contributed by atoms with Gasteiger partial charge in [-0.05, 0) is 43.2 Å². The van der Waals surface area contributed by atoms with Crippen LogP contribution in [0.15, 0.2) is 45.6 Å². The summed E-state index contributed by atoms with van der Waals surface area (Å²) in [6.45, 7) is 2.51. The van der Waals surface area contributed by atoms with Gasteiger partial charge in [-0.1, -0.05) is 11.6 Å². The van der Waals surface area contributed by atoms with Crippen LogP contribution in [0.2, 0.25) is 0 Å². The molecule has 5 nitrogen and oxygen atoms in total. The highest BCUT2D eigenvalue weighted by Crippen LogP contribution is 2.36. The van der Waals surface area contributed by atoms with Gasteiger partial charge in [0.15, 0.2) is 0 Å². The van der Waals surface area contributed by atoms with Crippen LogP contribution in [-0.4, -0.2) is 27.9 Å². The Bertz CT molecular complexity index is 988. The molecule has 1 aromatic heterocycles. The predicted molar refractivity (Wildman–Crippen MR) is 101 cm³/mol. The van der Waals surface area contributed by atoms with Gasteiger partial charge in [0.25, 0.3) is 0 Å². The number of aryl methyl sites for hydroxylation is 1. The van der Waals surface area contributed by atoms with E-state index in [1.807, 2.05) is 31.2 Å². The molecule has 0 atom stereocenters. The van der Waals surface area contributed by atoms with Crippen molar-refractivity contribution in [1.82, 2.24) is 0 Å². The lowest BCUT2D eigenvalue weighted by molar-refractivity contribution is 0.202. The van der Waals surface area contributed by atoms with Gasteiger partial charge in [0, 0.05) is 24.1 Å². The number of ether oxygens (including phenoxy) is 3. The summed E-state index contributed by atoms with van der Waals surface area (Å²) in [6.07, 6.45) is 0.590. The molecule has 3 aromatic rings. The average Bonchev–Trinajstić information content (AvgIpc) is 2.66. The number of rotatable bonds is 6. The first-order chi connectivity index (χ1) is 12.6. The highest BCUT2D eigenvalue weighted by molar-refractivity contribution is 5.88. The van der Waals surface area contributed by atoms with Gasteiger partial charge in [-0.15, -0.1) is 0 Å². The van der Waals surface area contributed by atoms with Crippen molar-refractivity contribution in [3.05, 3.63) is 57.9 Å². The third kappa shape index (κ3) is 3.30. The number of methoxy groups -OCH3 is 3. The fraction of sp³-hybridized carbons (Fsp3) is 0.286. The van der Waals surface area contributed by atoms with E-state index < -0.39 is 5.63 Å². The second-order valence-corrected chi connectivity index (χ2v) is 6.05. The lowest BCUT2D eigenvalue weighted by Gasteiger charge is -2.15. The first-order valence-corrected chi connectivity index (χ1v) is 8.36. The van der Waals surface area contributed by atoms with Gasteiger partial charge in [-0.2, -0.15) is 0 Å². The SMILES string of the molecule is COCCc1c(-c2ccc(OC)cc2OC)c(=O)oc2ccc(C)cc12. The molecule has 3 rings (SSSR count). The van der Waals surface area contributed by atoms with Crippen LogP contribution in [0.5, 0.6) is 11.5 Å². The number of benzene rings is 2. The highest BCUT2D eigenvalue weighted by Gasteiger charge is 2.20. The molecule has 0 N–H and O–H groups in total. The van der Waals surface area contributed by atoms with Crippen molar-refractivity contribution in [2.75, 3.05) is 27.9 Å². The minimum absolute atomic E-state index is 0.393. The molecule has 0 aliphatic carbocycles. The van der Waals surface area contributed by atoms with Crippen molar-refractivity contribution in [3.63, 3.8) is 0 Å². The van der Waals surface area contributed by atoms with Gasteiger partial charge in [0.1, 0.15) is 17.1 Å². The van der Waals surface area contributed by atoms with Gasteiger partial charge in [-0.3, -0.25) is 0 Å². The molecule has 0 radical (unpaired) electrons. The average molecular weight is 354 g/mol. The molecule has 1 heterocycles. The van der Waals surface area contributed by atoms with Crippen LogP contribution < -0.4 is 15.1 Å². The van der Waals surface area contributed by atoms with E-state index in [1.54, 1.807) is 33.5 Å². The molecule has 0 unspecified atom stereocenters. The second kappa shape index (κ2) is 7.62. The van der Waals surface area contributed by atoms with Crippen molar-refractivity contribution >= 4 is 11.0 Å². The number of fused-ring (bicyclic) bond motifs is 1. The van der Waals surface area contributed by atoms with Crippen LogP contribution in [0.25, 0.3) is 22.1 Å². The Morgan fingerprint density at radius 1 is 1.00 bits per heavy atom. The molecule has 0 aliphatic rings. The highest BCUT2D eigenvalue weighted by atomic mass is 16.5. The molecule has 0 fully saturated rings. The molecule has 5 heteroatoms. The van der Waals surface area contributed by atoms with Crippen molar-refractivity contribution in [2.24, 2.45) is 0 Å². The van der Waals surface area contributed by atoms with E-state index in [4.69, 9.17) is 18.6 Å². The Hall–Kier alpha value is -2.79. The summed E-state index contributed by atoms with van der Waals surface area (Å²) in [5, 5.41) is 0.912. The maximum absolute atomic E-state index is 12.8. The molecule has 0 aliphatic heterocycles. The van der Waals surface area contributed by atoms with Crippen LogP contribution in [0.4, 0.5) is 0 Å². The second-order valence-electron chi connectivity index (χ2n) is 6.05. The third-order valence-electron chi connectivity index (χ3n) is 4.40. The van der Waals surface area contributed by atoms with Crippen LogP contribution >= 0.6 is 0 Å². The monoisotopic (exact) mass is 354 g/mol. The van der Waals surface area contributed by atoms with Crippen molar-refractivity contribution in [1.29, 1.82) is 0 Å². The zero-order valence-electron chi connectivity index (χ0n) is 15.4. The Labute approximate surface area is 152 Å². The molecule has 0 saturated heterocycles. The maximum atomic E-state index is 12.8. The van der Waals surface area contributed by atoms with E-state index >= 15 is 0 Å². The standard InChI is InChI=1S/C21H22O5/c1-13-5-8-18-17(11-13)15(9-10-23-2)20(21(22)26-18)16-7-6-14(24-3)12-19(16)25-4/h5-8,11-12H,9-10H2,1-4H3. The van der Waals surface area contributed by atoms with Crippen molar-refractivity contribution in [3.8, 4) is 22.6 Å². The van der Waals surface area contributed by atoms with Crippen LogP contribution in [0, 0.1) is 6.92 Å². The van der Waals surface area contributed by atoms with Gasteiger partial charge in [0.2, 0.25) is 0 Å². The van der Waals surface area contributed by atoms with Crippen LogP contribution in [0.3, 0.4) is 0 Å². The quantitative estimate of drug-likeness (QED) is 0.627. The van der Waals surface area contributed by atoms with Crippen LogP contribution in [0.1, 0.15) is 11.1 Å². The van der Waals surface area contributed by atoms with E-state index in [0.717, 1.165) is 16.5 Å². The molecule has 0 bridgehead atoms. The Kier molecular flexibility index (Phi) is 5.28. The maximum Gasteiger partial charge on any atom is 0.344 e. The number of hydrogen-bond acceptors (Lipinski definition) is 5. The smallest absolute Gasteiger partial charge is 0.344 e. The molecular weight excluding hydrogens is 332 g/mol. The molecular formula is C21H22O5. The summed E-state index contributed by atoms with van der Waals surface area (Å²) in [6, 6.07) is 11.2. The van der Waals surface area contributed by atoms with Crippen LogP contribution in [-0.2, 0) is 11.2 Å². The first-order valence-electron chi connectivity index (χ1n) is 8.36. The Balaban J connectivity index is 2.34. The normalized spacial score (nSPS) is 10.9. The summed E-state index contributed by atoms with van der Waals surface area (Å²) in [4.78, 5) is 12.8. The molecule has 0 amide bonds. The van der Waals surface area contributed by atoms with Crippen molar-refractivity contribution in [2.45, 2.75) is 13.3 Å². The third-order valence-corrected chi connectivity index (χ3v) is 4.40. The van der Waals surface area contributed by atoms with E-state index in [0.29, 0.717) is 41.2 Å². The summed E-state index contributed by atoms with van der Waals surface area (Å²) in [7, 11) is 4.80. The van der Waals surface area contributed by atoms with Gasteiger partial charge >= 0.3 is 5.63 Å². The summed E-state index contributed by atoms with van der Waals surface area (Å²) < 4.78 is 21.6. The van der Waals surface area contributed by atoms with E-state index in [-0.39, 0.29) is 0 Å². The molecule has 26 heavy (non-hydrogen) atoms. The van der Waals surface area contributed by atoms with E-state index in [1.165, 1.54) is 0 Å². The Morgan fingerprint density at radius 2 is 1.81 bits per heavy atom. The molecule has 2 aromatic carbocycles. The minimum atomic E-state index is -0.393. The summed E-state index contributed by atoms with van der Waals surface area (Å²) in [5.74, 6) is 1.22. The largest absolute Gasteiger partial charge is 0.497 e. The molecule has 0 saturated carbocycles. The van der Waals surface area contributed by atoms with Gasteiger partial charge < -0.3 is 18.6 Å².